The third-order valence-electron chi connectivity index (χ3n) is 2.66. The Morgan fingerprint density at radius 3 is 2.75 bits per heavy atom. The van der Waals surface area contributed by atoms with Crippen LogP contribution in [0.4, 0.5) is 17.3 Å². The summed E-state index contributed by atoms with van der Waals surface area (Å²) in [4.78, 5) is 14.4. The Balaban J connectivity index is 2.25. The van der Waals surface area contributed by atoms with Crippen molar-refractivity contribution < 1.29 is 4.92 Å². The van der Waals surface area contributed by atoms with Crippen LogP contribution in [0.5, 0.6) is 0 Å². The summed E-state index contributed by atoms with van der Waals surface area (Å²) in [6.07, 6.45) is 3.21. The summed E-state index contributed by atoms with van der Waals surface area (Å²) in [5.41, 5.74) is 2.35. The molecule has 0 atom stereocenters. The smallest absolute Gasteiger partial charge is 0.311 e. The number of rotatable bonds is 4. The van der Waals surface area contributed by atoms with Crippen LogP contribution in [0.15, 0.2) is 12.1 Å². The van der Waals surface area contributed by atoms with Gasteiger partial charge < -0.3 is 10.7 Å². The van der Waals surface area contributed by atoms with Gasteiger partial charge in [0.15, 0.2) is 0 Å². The number of nitrogen functional groups attached to an aromatic ring is 1. The van der Waals surface area contributed by atoms with Crippen molar-refractivity contribution in [1.82, 2.24) is 4.98 Å². The molecule has 4 N–H and O–H groups in total. The Morgan fingerprint density at radius 1 is 1.50 bits per heavy atom. The van der Waals surface area contributed by atoms with E-state index in [9.17, 15) is 10.1 Å². The molecular formula is C9H13N5O2. The minimum Gasteiger partial charge on any atom is -0.362 e. The van der Waals surface area contributed by atoms with Crippen molar-refractivity contribution in [2.75, 3.05) is 10.7 Å². The molecule has 1 heterocycles. The normalized spacial score (nSPS) is 15.3. The van der Waals surface area contributed by atoms with Crippen LogP contribution in [0.1, 0.15) is 19.3 Å². The monoisotopic (exact) mass is 223 g/mol. The second kappa shape index (κ2) is 4.31. The molecule has 16 heavy (non-hydrogen) atoms. The van der Waals surface area contributed by atoms with Gasteiger partial charge in [-0.15, -0.1) is 0 Å². The van der Waals surface area contributed by atoms with E-state index in [1.807, 2.05) is 0 Å². The van der Waals surface area contributed by atoms with Gasteiger partial charge in [0, 0.05) is 12.1 Å². The number of hydrogen-bond donors (Lipinski definition) is 3. The molecule has 0 amide bonds. The van der Waals surface area contributed by atoms with Crippen molar-refractivity contribution in [3.63, 3.8) is 0 Å². The van der Waals surface area contributed by atoms with Crippen LogP contribution in [0.2, 0.25) is 0 Å². The molecule has 2 rings (SSSR count). The molecule has 0 bridgehead atoms. The van der Waals surface area contributed by atoms with E-state index in [2.05, 4.69) is 15.7 Å². The molecule has 7 heteroatoms. The highest BCUT2D eigenvalue weighted by Gasteiger charge is 2.22. The Hall–Kier alpha value is -1.89. The number of nitrogens with one attached hydrogen (secondary N) is 2. The van der Waals surface area contributed by atoms with E-state index in [-0.39, 0.29) is 11.5 Å². The third kappa shape index (κ3) is 2.03. The van der Waals surface area contributed by atoms with Crippen LogP contribution in [-0.2, 0) is 0 Å². The average Bonchev–Trinajstić information content (AvgIpc) is 2.22. The summed E-state index contributed by atoms with van der Waals surface area (Å²) >= 11 is 0. The van der Waals surface area contributed by atoms with Crippen molar-refractivity contribution >= 4 is 17.3 Å². The lowest BCUT2D eigenvalue weighted by Crippen LogP contribution is -2.28. The van der Waals surface area contributed by atoms with Gasteiger partial charge in [0.25, 0.3) is 0 Å². The van der Waals surface area contributed by atoms with Gasteiger partial charge in [-0.25, -0.2) is 10.8 Å². The number of nitro groups is 1. The van der Waals surface area contributed by atoms with E-state index in [1.165, 1.54) is 12.1 Å². The molecule has 1 aliphatic carbocycles. The van der Waals surface area contributed by atoms with Crippen molar-refractivity contribution in [3.8, 4) is 0 Å². The summed E-state index contributed by atoms with van der Waals surface area (Å²) in [7, 11) is 0. The minimum atomic E-state index is -0.450. The fraction of sp³-hybridized carbons (Fsp3) is 0.444. The molecular weight excluding hydrogens is 210 g/mol. The van der Waals surface area contributed by atoms with Gasteiger partial charge >= 0.3 is 5.69 Å². The predicted molar refractivity (Wildman–Crippen MR) is 60.0 cm³/mol. The lowest BCUT2D eigenvalue weighted by Gasteiger charge is -2.26. The van der Waals surface area contributed by atoms with Crippen molar-refractivity contribution in [2.45, 2.75) is 25.3 Å². The fourth-order valence-corrected chi connectivity index (χ4v) is 1.53. The number of nitrogens with two attached hydrogens (primary N) is 1. The first kappa shape index (κ1) is 10.6. The van der Waals surface area contributed by atoms with E-state index in [1.54, 1.807) is 0 Å². The molecule has 1 aromatic rings. The largest absolute Gasteiger partial charge is 0.362 e. The molecule has 0 radical (unpaired) electrons. The quantitative estimate of drug-likeness (QED) is 0.403. The number of hydrogen-bond acceptors (Lipinski definition) is 6. The maximum Gasteiger partial charge on any atom is 0.311 e. The first-order valence-corrected chi connectivity index (χ1v) is 5.09. The van der Waals surface area contributed by atoms with Gasteiger partial charge in [0.1, 0.15) is 5.82 Å². The molecule has 1 saturated carbocycles. The maximum atomic E-state index is 10.8. The number of anilines is 2. The molecule has 0 unspecified atom stereocenters. The summed E-state index contributed by atoms with van der Waals surface area (Å²) in [6.45, 7) is 0. The molecule has 86 valence electrons. The molecule has 1 aromatic heterocycles. The molecule has 7 nitrogen and oxygen atoms in total. The zero-order valence-corrected chi connectivity index (χ0v) is 8.64. The zero-order valence-electron chi connectivity index (χ0n) is 8.64. The number of aromatic nitrogens is 1. The zero-order chi connectivity index (χ0) is 11.5. The van der Waals surface area contributed by atoms with Gasteiger partial charge in [-0.1, -0.05) is 0 Å². The third-order valence-corrected chi connectivity index (χ3v) is 2.66. The highest BCUT2D eigenvalue weighted by Crippen LogP contribution is 2.28. The molecule has 0 aromatic carbocycles. The summed E-state index contributed by atoms with van der Waals surface area (Å²) in [6, 6.07) is 3.16. The van der Waals surface area contributed by atoms with E-state index in [0.29, 0.717) is 11.9 Å². The van der Waals surface area contributed by atoms with Crippen LogP contribution >= 0.6 is 0 Å². The van der Waals surface area contributed by atoms with E-state index in [4.69, 9.17) is 5.84 Å². The molecule has 0 saturated heterocycles. The van der Waals surface area contributed by atoms with Crippen molar-refractivity contribution in [1.29, 1.82) is 0 Å². The SMILES string of the molecule is NNc1ccc([N+](=O)[O-])c(NC2CCC2)n1. The molecule has 0 aliphatic heterocycles. The Bertz CT molecular complexity index is 405. The Kier molecular flexibility index (Phi) is 2.86. The van der Waals surface area contributed by atoms with Gasteiger partial charge in [0.05, 0.1) is 4.92 Å². The Labute approximate surface area is 92.2 Å². The van der Waals surface area contributed by atoms with Crippen LogP contribution < -0.4 is 16.6 Å². The standard InChI is InChI=1S/C9H13N5O2/c10-13-8-5-4-7(14(15)16)9(12-8)11-6-2-1-3-6/h4-6H,1-3,10H2,(H2,11,12,13). The molecule has 1 fully saturated rings. The summed E-state index contributed by atoms with van der Waals surface area (Å²) in [5, 5.41) is 13.8. The van der Waals surface area contributed by atoms with E-state index in [0.717, 1.165) is 19.3 Å². The topological polar surface area (TPSA) is 106 Å². The van der Waals surface area contributed by atoms with Crippen LogP contribution in [0, 0.1) is 10.1 Å². The number of pyridine rings is 1. The van der Waals surface area contributed by atoms with Crippen molar-refractivity contribution in [3.05, 3.63) is 22.2 Å². The average molecular weight is 223 g/mol. The lowest BCUT2D eigenvalue weighted by molar-refractivity contribution is -0.384. The first-order chi connectivity index (χ1) is 7.70. The van der Waals surface area contributed by atoms with Gasteiger partial charge in [-0.2, -0.15) is 0 Å². The number of nitrogens with zero attached hydrogens (tertiary/aromatic N) is 2. The predicted octanol–water partition coefficient (Wildman–Crippen LogP) is 1.24. The molecule has 1 aliphatic rings. The summed E-state index contributed by atoms with van der Waals surface area (Å²) in [5.74, 6) is 5.90. The Morgan fingerprint density at radius 2 is 2.25 bits per heavy atom. The number of hydrazine groups is 1. The summed E-state index contributed by atoms with van der Waals surface area (Å²) < 4.78 is 0. The fourth-order valence-electron chi connectivity index (χ4n) is 1.53. The van der Waals surface area contributed by atoms with Crippen LogP contribution in [-0.4, -0.2) is 15.9 Å². The second-order valence-electron chi connectivity index (χ2n) is 3.74. The highest BCUT2D eigenvalue weighted by atomic mass is 16.6. The van der Waals surface area contributed by atoms with Gasteiger partial charge in [-0.05, 0) is 25.3 Å². The highest BCUT2D eigenvalue weighted by molar-refractivity contribution is 5.60. The van der Waals surface area contributed by atoms with Crippen LogP contribution in [0.25, 0.3) is 0 Å². The van der Waals surface area contributed by atoms with Crippen molar-refractivity contribution in [2.24, 2.45) is 5.84 Å². The van der Waals surface area contributed by atoms with E-state index >= 15 is 0 Å². The maximum absolute atomic E-state index is 10.8. The lowest BCUT2D eigenvalue weighted by atomic mass is 9.93. The van der Waals surface area contributed by atoms with Crippen LogP contribution in [0.3, 0.4) is 0 Å². The minimum absolute atomic E-state index is 0.0223. The van der Waals surface area contributed by atoms with Gasteiger partial charge in [0.2, 0.25) is 5.82 Å². The second-order valence-corrected chi connectivity index (χ2v) is 3.74. The molecule has 0 spiro atoms. The first-order valence-electron chi connectivity index (χ1n) is 5.09. The van der Waals surface area contributed by atoms with Gasteiger partial charge in [-0.3, -0.25) is 10.1 Å². The van der Waals surface area contributed by atoms with E-state index < -0.39 is 4.92 Å².